The molecule has 0 aliphatic rings. The molecule has 128 valence electrons. The molecule has 1 atom stereocenters. The first-order valence-corrected chi connectivity index (χ1v) is 8.78. The number of sulfone groups is 1. The number of carbonyl (C=O) groups excluding carboxylic acids is 1. The van der Waals surface area contributed by atoms with Gasteiger partial charge >= 0.3 is 6.18 Å². The fourth-order valence-electron chi connectivity index (χ4n) is 2.00. The third-order valence-electron chi connectivity index (χ3n) is 2.93. The van der Waals surface area contributed by atoms with Crippen LogP contribution < -0.4 is 5.32 Å². The molecule has 23 heavy (non-hydrogen) atoms. The number of alkyl halides is 3. The van der Waals surface area contributed by atoms with Crippen molar-refractivity contribution in [3.05, 3.63) is 41.5 Å². The van der Waals surface area contributed by atoms with Crippen molar-refractivity contribution in [2.45, 2.75) is 26.1 Å². The van der Waals surface area contributed by atoms with Gasteiger partial charge in [-0.1, -0.05) is 12.1 Å². The summed E-state index contributed by atoms with van der Waals surface area (Å²) in [5, 5.41) is 2.47. The number of carbonyl (C=O) groups is 1. The number of hydrogen-bond acceptors (Lipinski definition) is 3. The lowest BCUT2D eigenvalue weighted by atomic mass is 10.0. The maximum Gasteiger partial charge on any atom is 0.416 e. The van der Waals surface area contributed by atoms with Crippen LogP contribution in [0.25, 0.3) is 5.57 Å². The van der Waals surface area contributed by atoms with E-state index < -0.39 is 33.5 Å². The molecule has 0 bridgehead atoms. The quantitative estimate of drug-likeness (QED) is 0.832. The number of rotatable bonds is 5. The Balaban J connectivity index is 2.86. The van der Waals surface area contributed by atoms with Crippen LogP contribution in [0.3, 0.4) is 0 Å². The highest BCUT2D eigenvalue weighted by molar-refractivity contribution is 7.90. The maximum absolute atomic E-state index is 12.7. The van der Waals surface area contributed by atoms with Gasteiger partial charge < -0.3 is 5.32 Å². The largest absolute Gasteiger partial charge is 0.416 e. The fourth-order valence-corrected chi connectivity index (χ4v) is 2.99. The van der Waals surface area contributed by atoms with Crippen LogP contribution in [0.5, 0.6) is 0 Å². The van der Waals surface area contributed by atoms with Gasteiger partial charge in [0.05, 0.1) is 11.3 Å². The van der Waals surface area contributed by atoms with Crippen LogP contribution in [0.4, 0.5) is 13.2 Å². The van der Waals surface area contributed by atoms with Crippen LogP contribution in [0, 0.1) is 0 Å². The molecule has 0 aromatic heterocycles. The molecule has 0 heterocycles. The molecule has 0 radical (unpaired) electrons. The Kier molecular flexibility index (Phi) is 5.98. The third-order valence-corrected chi connectivity index (χ3v) is 4.04. The molecule has 1 aromatic rings. The van der Waals surface area contributed by atoms with Gasteiger partial charge in [-0.15, -0.1) is 0 Å². The van der Waals surface area contributed by atoms with Gasteiger partial charge in [0.15, 0.2) is 0 Å². The number of hydrogen-bond donors (Lipinski definition) is 1. The minimum atomic E-state index is -4.46. The Morgan fingerprint density at radius 1 is 1.35 bits per heavy atom. The van der Waals surface area contributed by atoms with Crippen molar-refractivity contribution in [2.24, 2.45) is 0 Å². The second-order valence-electron chi connectivity index (χ2n) is 5.41. The average Bonchev–Trinajstić information content (AvgIpc) is 2.35. The number of amides is 1. The summed E-state index contributed by atoms with van der Waals surface area (Å²) in [7, 11) is -3.23. The normalized spacial score (nSPS) is 14.4. The summed E-state index contributed by atoms with van der Waals surface area (Å²) in [4.78, 5) is 11.8. The third kappa shape index (κ3) is 6.85. The van der Waals surface area contributed by atoms with Gasteiger partial charge in [0.25, 0.3) is 0 Å². The second-order valence-corrected chi connectivity index (χ2v) is 7.59. The van der Waals surface area contributed by atoms with Crippen molar-refractivity contribution in [1.29, 1.82) is 0 Å². The van der Waals surface area contributed by atoms with Crippen LogP contribution in [-0.4, -0.2) is 32.4 Å². The zero-order valence-electron chi connectivity index (χ0n) is 12.9. The zero-order chi connectivity index (χ0) is 17.8. The SMILES string of the molecule is C/C(=C\C(=O)N[C@H](C)CS(C)(=O)=O)c1cccc(C(F)(F)F)c1. The van der Waals surface area contributed by atoms with E-state index in [9.17, 15) is 26.4 Å². The molecule has 0 saturated heterocycles. The lowest BCUT2D eigenvalue weighted by Gasteiger charge is -2.12. The molecule has 1 N–H and O–H groups in total. The number of benzene rings is 1. The maximum atomic E-state index is 12.7. The Hall–Kier alpha value is -1.83. The molecule has 0 saturated carbocycles. The van der Waals surface area contributed by atoms with E-state index in [0.717, 1.165) is 24.5 Å². The minimum Gasteiger partial charge on any atom is -0.349 e. The number of nitrogens with one attached hydrogen (secondary N) is 1. The van der Waals surface area contributed by atoms with Gasteiger partial charge in [-0.3, -0.25) is 4.79 Å². The van der Waals surface area contributed by atoms with Gasteiger partial charge in [0.1, 0.15) is 9.84 Å². The molecule has 4 nitrogen and oxygen atoms in total. The number of allylic oxidation sites excluding steroid dienone is 1. The molecular weight excluding hydrogens is 331 g/mol. The van der Waals surface area contributed by atoms with E-state index in [1.54, 1.807) is 0 Å². The highest BCUT2D eigenvalue weighted by atomic mass is 32.2. The Morgan fingerprint density at radius 3 is 2.48 bits per heavy atom. The molecule has 0 unspecified atom stereocenters. The summed E-state index contributed by atoms with van der Waals surface area (Å²) in [5.41, 5.74) is -0.181. The monoisotopic (exact) mass is 349 g/mol. The van der Waals surface area contributed by atoms with Crippen LogP contribution in [0.15, 0.2) is 30.3 Å². The molecule has 1 rings (SSSR count). The molecule has 0 fully saturated rings. The van der Waals surface area contributed by atoms with Gasteiger partial charge in [-0.2, -0.15) is 13.2 Å². The fraction of sp³-hybridized carbons (Fsp3) is 0.400. The predicted octanol–water partition coefficient (Wildman–Crippen LogP) is 2.66. The molecule has 8 heteroatoms. The highest BCUT2D eigenvalue weighted by Gasteiger charge is 2.30. The van der Waals surface area contributed by atoms with E-state index in [1.807, 2.05) is 0 Å². The summed E-state index contributed by atoms with van der Waals surface area (Å²) in [6.45, 7) is 3.04. The van der Waals surface area contributed by atoms with Gasteiger partial charge in [-0.05, 0) is 37.1 Å². The van der Waals surface area contributed by atoms with Crippen molar-refractivity contribution in [2.75, 3.05) is 12.0 Å². The molecule has 1 aromatic carbocycles. The Labute approximate surface area is 133 Å². The molecule has 1 amide bonds. The summed E-state index contributed by atoms with van der Waals surface area (Å²) < 4.78 is 60.3. The summed E-state index contributed by atoms with van der Waals surface area (Å²) in [6, 6.07) is 4.04. The van der Waals surface area contributed by atoms with Crippen LogP contribution in [0.2, 0.25) is 0 Å². The van der Waals surface area contributed by atoms with E-state index in [4.69, 9.17) is 0 Å². The first-order valence-electron chi connectivity index (χ1n) is 6.72. The number of halogens is 3. The molecule has 0 spiro atoms. The van der Waals surface area contributed by atoms with Crippen LogP contribution in [0.1, 0.15) is 25.0 Å². The summed E-state index contributed by atoms with van der Waals surface area (Å²) >= 11 is 0. The topological polar surface area (TPSA) is 63.2 Å². The zero-order valence-corrected chi connectivity index (χ0v) is 13.8. The smallest absolute Gasteiger partial charge is 0.349 e. The van der Waals surface area contributed by atoms with Crippen LogP contribution in [-0.2, 0) is 20.8 Å². The highest BCUT2D eigenvalue weighted by Crippen LogP contribution is 2.30. The first-order chi connectivity index (χ1) is 10.4. The minimum absolute atomic E-state index is 0.213. The van der Waals surface area contributed by atoms with Gasteiger partial charge in [0.2, 0.25) is 5.91 Å². The van der Waals surface area contributed by atoms with Crippen molar-refractivity contribution < 1.29 is 26.4 Å². The Bertz CT molecular complexity index is 709. The lowest BCUT2D eigenvalue weighted by Crippen LogP contribution is -2.36. The molecular formula is C15H18F3NO3S. The van der Waals surface area contributed by atoms with Gasteiger partial charge in [0, 0.05) is 18.4 Å². The molecule has 0 aliphatic carbocycles. The first kappa shape index (κ1) is 19.2. The van der Waals surface area contributed by atoms with Crippen molar-refractivity contribution in [3.63, 3.8) is 0 Å². The van der Waals surface area contributed by atoms with Gasteiger partial charge in [-0.25, -0.2) is 8.42 Å². The van der Waals surface area contributed by atoms with E-state index in [0.29, 0.717) is 5.57 Å². The standard InChI is InChI=1S/C15H18F3NO3S/c1-10(7-14(20)19-11(2)9-23(3,21)22)12-5-4-6-13(8-12)15(16,17)18/h4-8,11H,9H2,1-3H3,(H,19,20)/b10-7+/t11-/m1/s1. The van der Waals surface area contributed by atoms with Crippen molar-refractivity contribution >= 4 is 21.3 Å². The second kappa shape index (κ2) is 7.16. The average molecular weight is 349 g/mol. The van der Waals surface area contributed by atoms with E-state index in [2.05, 4.69) is 5.32 Å². The summed E-state index contributed by atoms with van der Waals surface area (Å²) in [6.07, 6.45) is -2.25. The predicted molar refractivity (Wildman–Crippen MR) is 82.4 cm³/mol. The summed E-state index contributed by atoms with van der Waals surface area (Å²) in [5.74, 6) is -0.772. The van der Waals surface area contributed by atoms with E-state index in [-0.39, 0.29) is 11.3 Å². The lowest BCUT2D eigenvalue weighted by molar-refractivity contribution is -0.137. The van der Waals surface area contributed by atoms with Crippen molar-refractivity contribution in [3.8, 4) is 0 Å². The van der Waals surface area contributed by atoms with E-state index in [1.165, 1.54) is 26.0 Å². The molecule has 0 aliphatic heterocycles. The van der Waals surface area contributed by atoms with Crippen LogP contribution >= 0.6 is 0 Å². The van der Waals surface area contributed by atoms with E-state index >= 15 is 0 Å². The Morgan fingerprint density at radius 2 is 1.96 bits per heavy atom. The van der Waals surface area contributed by atoms with Crippen molar-refractivity contribution in [1.82, 2.24) is 5.32 Å².